The third-order valence-electron chi connectivity index (χ3n) is 3.96. The van der Waals surface area contributed by atoms with Crippen LogP contribution < -0.4 is 0 Å². The topological polar surface area (TPSA) is 53.5 Å². The Morgan fingerprint density at radius 1 is 0.880 bits per heavy atom. The SMILES string of the molecule is N#Cc1ncn2cc(N=C(c3ccccc3)c3ccccc3)ccc12. The minimum absolute atomic E-state index is 0.418. The standard InChI is InChI=1S/C21H14N4/c22-13-19-20-12-11-18(14-25(20)15-23-19)24-21(16-7-3-1-4-8-16)17-9-5-2-6-10-17/h1-12,14-15H. The highest BCUT2D eigenvalue weighted by Crippen LogP contribution is 2.20. The molecule has 25 heavy (non-hydrogen) atoms. The lowest BCUT2D eigenvalue weighted by Crippen LogP contribution is -2.02. The van der Waals surface area contributed by atoms with Crippen LogP contribution in [0.4, 0.5) is 5.69 Å². The minimum atomic E-state index is 0.418. The average Bonchev–Trinajstić information content (AvgIpc) is 3.10. The van der Waals surface area contributed by atoms with Crippen LogP contribution in [0.25, 0.3) is 5.52 Å². The van der Waals surface area contributed by atoms with E-state index in [4.69, 9.17) is 10.3 Å². The molecule has 0 fully saturated rings. The minimum Gasteiger partial charge on any atom is -0.303 e. The lowest BCUT2D eigenvalue weighted by atomic mass is 10.0. The van der Waals surface area contributed by atoms with Crippen molar-refractivity contribution in [3.8, 4) is 6.07 Å². The molecule has 0 atom stereocenters. The predicted octanol–water partition coefficient (Wildman–Crippen LogP) is 4.38. The fraction of sp³-hybridized carbons (Fsp3) is 0. The average molecular weight is 322 g/mol. The summed E-state index contributed by atoms with van der Waals surface area (Å²) in [6.07, 6.45) is 3.52. The molecule has 4 heteroatoms. The second-order valence-electron chi connectivity index (χ2n) is 5.58. The molecular weight excluding hydrogens is 308 g/mol. The molecule has 0 aliphatic rings. The highest BCUT2D eigenvalue weighted by atomic mass is 15.0. The normalized spacial score (nSPS) is 10.4. The molecule has 0 radical (unpaired) electrons. The van der Waals surface area contributed by atoms with Crippen molar-refractivity contribution in [1.82, 2.24) is 9.38 Å². The van der Waals surface area contributed by atoms with Crippen LogP contribution in [0, 0.1) is 11.3 Å². The van der Waals surface area contributed by atoms with Crippen molar-refractivity contribution in [3.05, 3.63) is 102 Å². The van der Waals surface area contributed by atoms with Crippen LogP contribution in [0.2, 0.25) is 0 Å². The van der Waals surface area contributed by atoms with Gasteiger partial charge in [-0.1, -0.05) is 60.7 Å². The molecule has 2 aromatic carbocycles. The number of imidazole rings is 1. The van der Waals surface area contributed by atoms with Gasteiger partial charge >= 0.3 is 0 Å². The molecule has 0 aliphatic heterocycles. The number of fused-ring (bicyclic) bond motifs is 1. The van der Waals surface area contributed by atoms with Gasteiger partial charge in [0, 0.05) is 17.3 Å². The number of aromatic nitrogens is 2. The highest BCUT2D eigenvalue weighted by Gasteiger charge is 2.08. The van der Waals surface area contributed by atoms with Crippen LogP contribution in [0.15, 0.2) is 90.3 Å². The maximum Gasteiger partial charge on any atom is 0.166 e. The molecule has 0 aliphatic carbocycles. The van der Waals surface area contributed by atoms with Crippen molar-refractivity contribution in [1.29, 1.82) is 5.26 Å². The first kappa shape index (κ1) is 14.9. The molecule has 0 unspecified atom stereocenters. The van der Waals surface area contributed by atoms with Crippen molar-refractivity contribution < 1.29 is 0 Å². The summed E-state index contributed by atoms with van der Waals surface area (Å²) in [5.41, 5.74) is 5.01. The van der Waals surface area contributed by atoms with E-state index in [-0.39, 0.29) is 0 Å². The summed E-state index contributed by atoms with van der Waals surface area (Å²) in [6, 6.07) is 26.1. The Morgan fingerprint density at radius 3 is 2.12 bits per heavy atom. The molecule has 2 heterocycles. The summed E-state index contributed by atoms with van der Waals surface area (Å²) in [6.45, 7) is 0. The zero-order valence-corrected chi connectivity index (χ0v) is 13.4. The molecule has 4 aromatic rings. The van der Waals surface area contributed by atoms with Crippen LogP contribution in [0.1, 0.15) is 16.8 Å². The molecular formula is C21H14N4. The van der Waals surface area contributed by atoms with E-state index in [9.17, 15) is 0 Å². The van der Waals surface area contributed by atoms with E-state index >= 15 is 0 Å². The van der Waals surface area contributed by atoms with E-state index in [0.29, 0.717) is 5.69 Å². The van der Waals surface area contributed by atoms with E-state index in [2.05, 4.69) is 35.3 Å². The van der Waals surface area contributed by atoms with Gasteiger partial charge in [0.25, 0.3) is 0 Å². The number of rotatable bonds is 3. The van der Waals surface area contributed by atoms with E-state index < -0.39 is 0 Å². The van der Waals surface area contributed by atoms with Crippen molar-refractivity contribution in [2.24, 2.45) is 4.99 Å². The first-order chi connectivity index (χ1) is 12.3. The molecule has 0 saturated carbocycles. The molecule has 118 valence electrons. The Bertz CT molecular complexity index is 1050. The number of benzene rings is 2. The van der Waals surface area contributed by atoms with Crippen LogP contribution in [-0.2, 0) is 0 Å². The number of nitriles is 1. The lowest BCUT2D eigenvalue weighted by Gasteiger charge is -2.08. The summed E-state index contributed by atoms with van der Waals surface area (Å²) in [7, 11) is 0. The summed E-state index contributed by atoms with van der Waals surface area (Å²) in [5, 5.41) is 9.08. The second kappa shape index (κ2) is 6.42. The summed E-state index contributed by atoms with van der Waals surface area (Å²) in [5.74, 6) is 0. The van der Waals surface area contributed by atoms with Crippen LogP contribution in [0.3, 0.4) is 0 Å². The van der Waals surface area contributed by atoms with Gasteiger partial charge < -0.3 is 4.40 Å². The van der Waals surface area contributed by atoms with Crippen molar-refractivity contribution >= 4 is 16.9 Å². The van der Waals surface area contributed by atoms with Gasteiger partial charge in [0.1, 0.15) is 12.4 Å². The summed E-state index contributed by atoms with van der Waals surface area (Å²) in [4.78, 5) is 8.97. The predicted molar refractivity (Wildman–Crippen MR) is 98.1 cm³/mol. The summed E-state index contributed by atoms with van der Waals surface area (Å²) < 4.78 is 1.82. The number of pyridine rings is 1. The molecule has 0 spiro atoms. The third-order valence-corrected chi connectivity index (χ3v) is 3.96. The molecule has 0 amide bonds. The maximum atomic E-state index is 9.08. The molecule has 2 aromatic heterocycles. The fourth-order valence-electron chi connectivity index (χ4n) is 2.76. The van der Waals surface area contributed by atoms with E-state index in [1.54, 1.807) is 6.33 Å². The largest absolute Gasteiger partial charge is 0.303 e. The number of hydrogen-bond donors (Lipinski definition) is 0. The number of nitrogens with zero attached hydrogens (tertiary/aromatic N) is 4. The first-order valence-corrected chi connectivity index (χ1v) is 7.91. The van der Waals surface area contributed by atoms with Gasteiger partial charge in [-0.2, -0.15) is 5.26 Å². The van der Waals surface area contributed by atoms with Crippen LogP contribution in [-0.4, -0.2) is 15.1 Å². The zero-order valence-electron chi connectivity index (χ0n) is 13.4. The number of aliphatic imine (C=N–C) groups is 1. The van der Waals surface area contributed by atoms with Crippen molar-refractivity contribution in [3.63, 3.8) is 0 Å². The van der Waals surface area contributed by atoms with Gasteiger partial charge in [-0.25, -0.2) is 9.98 Å². The second-order valence-corrected chi connectivity index (χ2v) is 5.58. The molecule has 4 nitrogen and oxygen atoms in total. The highest BCUT2D eigenvalue weighted by molar-refractivity contribution is 6.13. The Hall–Kier alpha value is -3.71. The maximum absolute atomic E-state index is 9.08. The van der Waals surface area contributed by atoms with Crippen LogP contribution in [0.5, 0.6) is 0 Å². The Kier molecular flexibility index (Phi) is 3.82. The molecule has 0 N–H and O–H groups in total. The smallest absolute Gasteiger partial charge is 0.166 e. The van der Waals surface area contributed by atoms with E-state index in [0.717, 1.165) is 28.0 Å². The zero-order chi connectivity index (χ0) is 17.1. The quantitative estimate of drug-likeness (QED) is 0.526. The first-order valence-electron chi connectivity index (χ1n) is 7.91. The van der Waals surface area contributed by atoms with Gasteiger partial charge in [-0.05, 0) is 12.1 Å². The van der Waals surface area contributed by atoms with E-state index in [1.807, 2.05) is 59.1 Å². The third kappa shape index (κ3) is 2.91. The van der Waals surface area contributed by atoms with Gasteiger partial charge in [-0.3, -0.25) is 0 Å². The fourth-order valence-corrected chi connectivity index (χ4v) is 2.76. The molecule has 4 rings (SSSR count). The molecule has 0 saturated heterocycles. The van der Waals surface area contributed by atoms with Gasteiger partial charge in [0.2, 0.25) is 0 Å². The van der Waals surface area contributed by atoms with Crippen molar-refractivity contribution in [2.45, 2.75) is 0 Å². The lowest BCUT2D eigenvalue weighted by molar-refractivity contribution is 1.15. The Morgan fingerprint density at radius 2 is 1.52 bits per heavy atom. The Labute approximate surface area is 145 Å². The molecule has 0 bridgehead atoms. The Balaban J connectivity index is 1.86. The van der Waals surface area contributed by atoms with Gasteiger partial charge in [-0.15, -0.1) is 0 Å². The van der Waals surface area contributed by atoms with E-state index in [1.165, 1.54) is 0 Å². The summed E-state index contributed by atoms with van der Waals surface area (Å²) >= 11 is 0. The van der Waals surface area contributed by atoms with Crippen LogP contribution >= 0.6 is 0 Å². The van der Waals surface area contributed by atoms with Gasteiger partial charge in [0.05, 0.1) is 16.9 Å². The number of hydrogen-bond acceptors (Lipinski definition) is 3. The monoisotopic (exact) mass is 322 g/mol. The van der Waals surface area contributed by atoms with Gasteiger partial charge in [0.15, 0.2) is 5.69 Å². The van der Waals surface area contributed by atoms with Crippen molar-refractivity contribution in [2.75, 3.05) is 0 Å².